The molecule has 2 nitrogen and oxygen atoms in total. The normalized spacial score (nSPS) is 24.3. The molecule has 0 atom stereocenters. The molecule has 0 radical (unpaired) electrons. The van der Waals surface area contributed by atoms with Crippen LogP contribution in [0.1, 0.15) is 51.4 Å². The van der Waals surface area contributed by atoms with E-state index >= 15 is 0 Å². The Bertz CT molecular complexity index is 209. The lowest BCUT2D eigenvalue weighted by Crippen LogP contribution is -2.34. The van der Waals surface area contributed by atoms with Gasteiger partial charge in [0.1, 0.15) is 0 Å². The van der Waals surface area contributed by atoms with Crippen LogP contribution < -0.4 is 5.32 Å². The van der Waals surface area contributed by atoms with Gasteiger partial charge in [0.2, 0.25) is 0 Å². The first-order valence-electron chi connectivity index (χ1n) is 7.89. The van der Waals surface area contributed by atoms with Gasteiger partial charge in [-0.1, -0.05) is 25.7 Å². The van der Waals surface area contributed by atoms with E-state index in [1.807, 2.05) is 0 Å². The molecule has 1 saturated carbocycles. The highest BCUT2D eigenvalue weighted by molar-refractivity contribution is 7.99. The predicted octanol–water partition coefficient (Wildman–Crippen LogP) is 3.13. The minimum atomic E-state index is 0.876. The monoisotopic (exact) mass is 270 g/mol. The Kier molecular flexibility index (Phi) is 6.88. The smallest absolute Gasteiger partial charge is 0.00925 e. The number of piperidine rings is 1. The van der Waals surface area contributed by atoms with Crippen molar-refractivity contribution in [3.8, 4) is 0 Å². The molecule has 1 heterocycles. The van der Waals surface area contributed by atoms with Crippen molar-refractivity contribution in [3.63, 3.8) is 0 Å². The third-order valence-electron chi connectivity index (χ3n) is 4.53. The van der Waals surface area contributed by atoms with Crippen LogP contribution in [0.2, 0.25) is 0 Å². The lowest BCUT2D eigenvalue weighted by atomic mass is 10.1. The molecule has 1 aliphatic heterocycles. The molecule has 0 aromatic carbocycles. The van der Waals surface area contributed by atoms with E-state index in [2.05, 4.69) is 29.0 Å². The highest BCUT2D eigenvalue weighted by atomic mass is 32.2. The number of hydrogen-bond donors (Lipinski definition) is 1. The fourth-order valence-electron chi connectivity index (χ4n) is 3.21. The zero-order chi connectivity index (χ0) is 12.6. The summed E-state index contributed by atoms with van der Waals surface area (Å²) in [7, 11) is 2.35. The highest BCUT2D eigenvalue weighted by Crippen LogP contribution is 2.23. The SMILES string of the molecule is CN(CCSC1CCNCC1)C1CCCCCC1. The molecule has 2 rings (SSSR count). The van der Waals surface area contributed by atoms with Crippen LogP contribution in [-0.2, 0) is 0 Å². The Morgan fingerprint density at radius 2 is 1.67 bits per heavy atom. The van der Waals surface area contributed by atoms with Crippen molar-refractivity contribution in [1.29, 1.82) is 0 Å². The fraction of sp³-hybridized carbons (Fsp3) is 1.00. The molecular formula is C15H30N2S. The molecule has 1 aliphatic carbocycles. The van der Waals surface area contributed by atoms with Gasteiger partial charge in [-0.2, -0.15) is 11.8 Å². The van der Waals surface area contributed by atoms with Gasteiger partial charge in [0.15, 0.2) is 0 Å². The van der Waals surface area contributed by atoms with Crippen LogP contribution in [0.25, 0.3) is 0 Å². The standard InChI is InChI=1S/C15H30N2S/c1-17(14-6-4-2-3-5-7-14)12-13-18-15-8-10-16-11-9-15/h14-16H,2-13H2,1H3. The fourth-order valence-corrected chi connectivity index (χ4v) is 4.50. The number of thioether (sulfide) groups is 1. The molecule has 2 fully saturated rings. The predicted molar refractivity (Wildman–Crippen MR) is 82.5 cm³/mol. The first-order valence-corrected chi connectivity index (χ1v) is 8.93. The van der Waals surface area contributed by atoms with E-state index < -0.39 is 0 Å². The Balaban J connectivity index is 1.59. The van der Waals surface area contributed by atoms with Crippen molar-refractivity contribution in [1.82, 2.24) is 10.2 Å². The Hall–Kier alpha value is 0.270. The van der Waals surface area contributed by atoms with Gasteiger partial charge < -0.3 is 10.2 Å². The van der Waals surface area contributed by atoms with Gasteiger partial charge >= 0.3 is 0 Å². The van der Waals surface area contributed by atoms with Crippen molar-refractivity contribution >= 4 is 11.8 Å². The maximum atomic E-state index is 3.45. The number of rotatable bonds is 5. The molecule has 1 saturated heterocycles. The van der Waals surface area contributed by atoms with Crippen LogP contribution in [0.5, 0.6) is 0 Å². The highest BCUT2D eigenvalue weighted by Gasteiger charge is 2.18. The summed E-state index contributed by atoms with van der Waals surface area (Å²) in [4.78, 5) is 2.64. The molecule has 0 spiro atoms. The summed E-state index contributed by atoms with van der Waals surface area (Å²) in [6.07, 6.45) is 11.5. The average molecular weight is 270 g/mol. The van der Waals surface area contributed by atoms with E-state index in [1.54, 1.807) is 0 Å². The quantitative estimate of drug-likeness (QED) is 0.773. The van der Waals surface area contributed by atoms with Crippen molar-refractivity contribution in [2.24, 2.45) is 0 Å². The maximum Gasteiger partial charge on any atom is 0.00925 e. The van der Waals surface area contributed by atoms with E-state index in [4.69, 9.17) is 0 Å². The molecule has 106 valence electrons. The first-order chi connectivity index (χ1) is 8.86. The van der Waals surface area contributed by atoms with E-state index in [9.17, 15) is 0 Å². The molecule has 0 unspecified atom stereocenters. The summed E-state index contributed by atoms with van der Waals surface area (Å²) in [6.45, 7) is 3.76. The van der Waals surface area contributed by atoms with Gasteiger partial charge in [0, 0.05) is 23.6 Å². The van der Waals surface area contributed by atoms with E-state index in [0.717, 1.165) is 11.3 Å². The van der Waals surface area contributed by atoms with Crippen LogP contribution in [-0.4, -0.2) is 48.6 Å². The topological polar surface area (TPSA) is 15.3 Å². The molecule has 1 N–H and O–H groups in total. The molecule has 0 bridgehead atoms. The Labute approximate surface area is 117 Å². The van der Waals surface area contributed by atoms with Crippen LogP contribution in [0.3, 0.4) is 0 Å². The largest absolute Gasteiger partial charge is 0.317 e. The van der Waals surface area contributed by atoms with Crippen LogP contribution in [0.4, 0.5) is 0 Å². The molecule has 2 aliphatic rings. The zero-order valence-corrected chi connectivity index (χ0v) is 12.8. The number of hydrogen-bond acceptors (Lipinski definition) is 3. The molecule has 0 aromatic heterocycles. The maximum absolute atomic E-state index is 3.45. The zero-order valence-electron chi connectivity index (χ0n) is 12.0. The van der Waals surface area contributed by atoms with Crippen molar-refractivity contribution in [2.75, 3.05) is 32.4 Å². The van der Waals surface area contributed by atoms with Gasteiger partial charge in [-0.25, -0.2) is 0 Å². The van der Waals surface area contributed by atoms with Gasteiger partial charge in [0.25, 0.3) is 0 Å². The molecule has 3 heteroatoms. The third kappa shape index (κ3) is 5.10. The lowest BCUT2D eigenvalue weighted by molar-refractivity contribution is 0.233. The van der Waals surface area contributed by atoms with Crippen molar-refractivity contribution in [3.05, 3.63) is 0 Å². The summed E-state index contributed by atoms with van der Waals surface area (Å²) in [6, 6.07) is 0.876. The second-order valence-corrected chi connectivity index (χ2v) is 7.35. The van der Waals surface area contributed by atoms with E-state index in [1.165, 1.54) is 76.8 Å². The lowest BCUT2D eigenvalue weighted by Gasteiger charge is -2.28. The third-order valence-corrected chi connectivity index (χ3v) is 5.89. The first kappa shape index (κ1) is 14.7. The molecule has 0 amide bonds. The minimum Gasteiger partial charge on any atom is -0.317 e. The van der Waals surface area contributed by atoms with Gasteiger partial charge in [-0.15, -0.1) is 0 Å². The summed E-state index contributed by atoms with van der Waals surface area (Å²) in [5, 5.41) is 4.37. The van der Waals surface area contributed by atoms with Crippen molar-refractivity contribution < 1.29 is 0 Å². The Morgan fingerprint density at radius 1 is 1.00 bits per heavy atom. The summed E-state index contributed by atoms with van der Waals surface area (Å²) in [5.41, 5.74) is 0. The number of nitrogens with zero attached hydrogens (tertiary/aromatic N) is 1. The van der Waals surface area contributed by atoms with E-state index in [-0.39, 0.29) is 0 Å². The van der Waals surface area contributed by atoms with E-state index in [0.29, 0.717) is 0 Å². The van der Waals surface area contributed by atoms with Gasteiger partial charge in [-0.05, 0) is 45.8 Å². The summed E-state index contributed by atoms with van der Waals surface area (Å²) in [5.74, 6) is 1.33. The summed E-state index contributed by atoms with van der Waals surface area (Å²) < 4.78 is 0. The Morgan fingerprint density at radius 3 is 2.33 bits per heavy atom. The molecule has 18 heavy (non-hydrogen) atoms. The van der Waals surface area contributed by atoms with Crippen molar-refractivity contribution in [2.45, 2.75) is 62.7 Å². The van der Waals surface area contributed by atoms with Gasteiger partial charge in [-0.3, -0.25) is 0 Å². The van der Waals surface area contributed by atoms with Crippen LogP contribution >= 0.6 is 11.8 Å². The second kappa shape index (κ2) is 8.44. The number of nitrogens with one attached hydrogen (secondary N) is 1. The molecular weight excluding hydrogens is 240 g/mol. The summed E-state index contributed by atoms with van der Waals surface area (Å²) >= 11 is 2.21. The second-order valence-electron chi connectivity index (χ2n) is 5.95. The average Bonchev–Trinajstić information content (AvgIpc) is 2.69. The van der Waals surface area contributed by atoms with Gasteiger partial charge in [0.05, 0.1) is 0 Å². The van der Waals surface area contributed by atoms with Crippen LogP contribution in [0.15, 0.2) is 0 Å². The molecule has 0 aromatic rings. The van der Waals surface area contributed by atoms with Crippen LogP contribution in [0, 0.1) is 0 Å². The minimum absolute atomic E-state index is 0.876.